The van der Waals surface area contributed by atoms with E-state index in [2.05, 4.69) is 46.1 Å². The van der Waals surface area contributed by atoms with E-state index in [1.165, 1.54) is 25.9 Å². The molecule has 0 aliphatic carbocycles. The molecule has 1 aromatic heterocycles. The number of halogens is 1. The van der Waals surface area contributed by atoms with Gasteiger partial charge in [-0.25, -0.2) is 0 Å². The van der Waals surface area contributed by atoms with Crippen LogP contribution in [0.25, 0.3) is 10.9 Å². The van der Waals surface area contributed by atoms with Gasteiger partial charge in [-0.05, 0) is 28.7 Å². The van der Waals surface area contributed by atoms with Crippen molar-refractivity contribution in [1.82, 2.24) is 4.98 Å². The molecule has 0 radical (unpaired) electrons. The van der Waals surface area contributed by atoms with Crippen LogP contribution in [0.15, 0.2) is 18.2 Å². The average Bonchev–Trinajstić information content (AvgIpc) is 2.37. The number of ether oxygens (including phenoxy) is 1. The van der Waals surface area contributed by atoms with Gasteiger partial charge in [-0.2, -0.15) is 0 Å². The Balaban J connectivity index is 2.39. The van der Waals surface area contributed by atoms with Crippen molar-refractivity contribution in [2.24, 2.45) is 0 Å². The molecular formula is C13H13IN2O. The Morgan fingerprint density at radius 2 is 2.29 bits per heavy atom. The molecule has 0 spiro atoms. The smallest absolute Gasteiger partial charge is 0.0859 e. The number of para-hydroxylation sites is 1. The van der Waals surface area contributed by atoms with Crippen LogP contribution in [0.1, 0.15) is 11.3 Å². The highest BCUT2D eigenvalue weighted by atomic mass is 127. The third-order valence-electron chi connectivity index (χ3n) is 3.13. The van der Waals surface area contributed by atoms with Crippen LogP contribution in [0, 0.1) is 3.57 Å². The molecule has 1 aliphatic heterocycles. The van der Waals surface area contributed by atoms with Gasteiger partial charge in [-0.3, -0.25) is 4.98 Å². The predicted octanol–water partition coefficient (Wildman–Crippen LogP) is 2.95. The number of aromatic nitrogens is 1. The Morgan fingerprint density at radius 1 is 1.41 bits per heavy atom. The van der Waals surface area contributed by atoms with Crippen LogP contribution in [0.2, 0.25) is 0 Å². The molecule has 0 saturated carbocycles. The van der Waals surface area contributed by atoms with Crippen molar-refractivity contribution < 1.29 is 4.74 Å². The Hall–Kier alpha value is -0.880. The summed E-state index contributed by atoms with van der Waals surface area (Å²) in [5, 5.41) is 4.49. The van der Waals surface area contributed by atoms with Crippen LogP contribution in [0.4, 0.5) is 5.69 Å². The van der Waals surface area contributed by atoms with Crippen molar-refractivity contribution in [3.8, 4) is 0 Å². The molecule has 0 unspecified atom stereocenters. The van der Waals surface area contributed by atoms with Crippen LogP contribution in [0.5, 0.6) is 0 Å². The van der Waals surface area contributed by atoms with E-state index < -0.39 is 0 Å². The summed E-state index contributed by atoms with van der Waals surface area (Å²) >= 11 is 2.34. The molecule has 1 aliphatic rings. The molecule has 0 bridgehead atoms. The van der Waals surface area contributed by atoms with Gasteiger partial charge in [0.25, 0.3) is 0 Å². The lowest BCUT2D eigenvalue weighted by molar-refractivity contribution is 0.110. The summed E-state index contributed by atoms with van der Waals surface area (Å²) in [5.41, 5.74) is 4.66. The lowest BCUT2D eigenvalue weighted by Gasteiger charge is -2.21. The summed E-state index contributed by atoms with van der Waals surface area (Å²) in [6, 6.07) is 6.29. The number of benzene rings is 1. The average molecular weight is 340 g/mol. The van der Waals surface area contributed by atoms with Crippen LogP contribution < -0.4 is 5.32 Å². The molecule has 17 heavy (non-hydrogen) atoms. The molecule has 88 valence electrons. The van der Waals surface area contributed by atoms with Crippen LogP contribution in [0.3, 0.4) is 0 Å². The second kappa shape index (κ2) is 4.42. The van der Waals surface area contributed by atoms with E-state index in [0.29, 0.717) is 6.61 Å². The number of anilines is 1. The second-order valence-corrected chi connectivity index (χ2v) is 5.26. The van der Waals surface area contributed by atoms with Gasteiger partial charge >= 0.3 is 0 Å². The summed E-state index contributed by atoms with van der Waals surface area (Å²) in [6.45, 7) is 1.44. The van der Waals surface area contributed by atoms with Crippen molar-refractivity contribution in [3.63, 3.8) is 0 Å². The first-order valence-corrected chi connectivity index (χ1v) is 6.74. The number of fused-ring (bicyclic) bond motifs is 2. The normalized spacial score (nSPS) is 14.7. The van der Waals surface area contributed by atoms with Gasteiger partial charge in [0.15, 0.2) is 0 Å². The zero-order valence-corrected chi connectivity index (χ0v) is 11.7. The van der Waals surface area contributed by atoms with Crippen molar-refractivity contribution in [2.45, 2.75) is 13.0 Å². The van der Waals surface area contributed by atoms with Crippen LogP contribution >= 0.6 is 22.6 Å². The molecule has 2 heterocycles. The Morgan fingerprint density at radius 3 is 3.12 bits per heavy atom. The van der Waals surface area contributed by atoms with E-state index >= 15 is 0 Å². The maximum Gasteiger partial charge on any atom is 0.0859 e. The number of hydrogen-bond acceptors (Lipinski definition) is 3. The number of nitrogens with one attached hydrogen (secondary N) is 1. The first kappa shape index (κ1) is 11.2. The topological polar surface area (TPSA) is 34.2 Å². The summed E-state index contributed by atoms with van der Waals surface area (Å²) < 4.78 is 6.74. The highest BCUT2D eigenvalue weighted by Gasteiger charge is 2.18. The summed E-state index contributed by atoms with van der Waals surface area (Å²) in [7, 11) is 1.96. The number of hydrogen-bond donors (Lipinski definition) is 1. The fourth-order valence-electron chi connectivity index (χ4n) is 2.33. The van der Waals surface area contributed by atoms with Crippen LogP contribution in [-0.4, -0.2) is 18.6 Å². The van der Waals surface area contributed by atoms with E-state index in [1.54, 1.807) is 0 Å². The van der Waals surface area contributed by atoms with Gasteiger partial charge in [0.1, 0.15) is 0 Å². The first-order valence-electron chi connectivity index (χ1n) is 5.66. The zero-order valence-electron chi connectivity index (χ0n) is 9.59. The van der Waals surface area contributed by atoms with Gasteiger partial charge in [-0.15, -0.1) is 0 Å². The molecule has 1 N–H and O–H groups in total. The third kappa shape index (κ3) is 1.79. The fraction of sp³-hybridized carbons (Fsp3) is 0.308. The molecule has 4 heteroatoms. The second-order valence-electron chi connectivity index (χ2n) is 4.10. The van der Waals surface area contributed by atoms with E-state index in [9.17, 15) is 0 Å². The molecular weight excluding hydrogens is 327 g/mol. The summed E-state index contributed by atoms with van der Waals surface area (Å²) in [4.78, 5) is 4.80. The molecule has 2 aromatic rings. The maximum absolute atomic E-state index is 5.54. The van der Waals surface area contributed by atoms with Crippen molar-refractivity contribution >= 4 is 39.2 Å². The van der Waals surface area contributed by atoms with Gasteiger partial charge < -0.3 is 10.1 Å². The SMILES string of the molecule is CNc1c2c(nc3c(I)cccc13)CCOC2. The maximum atomic E-state index is 5.54. The van der Waals surface area contributed by atoms with Crippen molar-refractivity contribution in [2.75, 3.05) is 19.0 Å². The van der Waals surface area contributed by atoms with Crippen molar-refractivity contribution in [3.05, 3.63) is 33.0 Å². The van der Waals surface area contributed by atoms with Gasteiger partial charge in [-0.1, -0.05) is 12.1 Å². The first-order chi connectivity index (χ1) is 8.31. The molecule has 0 atom stereocenters. The predicted molar refractivity (Wildman–Crippen MR) is 77.4 cm³/mol. The minimum absolute atomic E-state index is 0.667. The quantitative estimate of drug-likeness (QED) is 0.811. The monoisotopic (exact) mass is 340 g/mol. The number of pyridine rings is 1. The van der Waals surface area contributed by atoms with E-state index in [1.807, 2.05) is 7.05 Å². The number of rotatable bonds is 1. The molecule has 0 fully saturated rings. The van der Waals surface area contributed by atoms with Crippen LogP contribution in [-0.2, 0) is 17.8 Å². The van der Waals surface area contributed by atoms with Gasteiger partial charge in [0.05, 0.1) is 30.1 Å². The van der Waals surface area contributed by atoms with E-state index in [0.717, 1.165) is 18.5 Å². The fourth-order valence-corrected chi connectivity index (χ4v) is 2.95. The highest BCUT2D eigenvalue weighted by molar-refractivity contribution is 14.1. The zero-order chi connectivity index (χ0) is 11.8. The standard InChI is InChI=1S/C13H13IN2O/c1-15-12-8-3-2-4-10(14)13(8)16-11-5-6-17-7-9(11)12/h2-4H,5-7H2,1H3,(H,15,16). The minimum atomic E-state index is 0.667. The largest absolute Gasteiger partial charge is 0.387 e. The lowest BCUT2D eigenvalue weighted by Crippen LogP contribution is -2.14. The van der Waals surface area contributed by atoms with E-state index in [-0.39, 0.29) is 0 Å². The Bertz CT molecular complexity index is 583. The molecule has 0 amide bonds. The molecule has 3 rings (SSSR count). The third-order valence-corrected chi connectivity index (χ3v) is 4.00. The highest BCUT2D eigenvalue weighted by Crippen LogP contribution is 2.32. The summed E-state index contributed by atoms with van der Waals surface area (Å²) in [5.74, 6) is 0. The molecule has 0 saturated heterocycles. The lowest BCUT2D eigenvalue weighted by atomic mass is 10.0. The summed E-state index contributed by atoms with van der Waals surface area (Å²) in [6.07, 6.45) is 0.908. The minimum Gasteiger partial charge on any atom is -0.387 e. The van der Waals surface area contributed by atoms with Crippen molar-refractivity contribution in [1.29, 1.82) is 0 Å². The Kier molecular flexibility index (Phi) is 2.92. The Labute approximate surface area is 114 Å². The molecule has 1 aromatic carbocycles. The van der Waals surface area contributed by atoms with E-state index in [4.69, 9.17) is 9.72 Å². The van der Waals surface area contributed by atoms with Gasteiger partial charge in [0, 0.05) is 28.0 Å². The van der Waals surface area contributed by atoms with Gasteiger partial charge in [0.2, 0.25) is 0 Å². The molecule has 3 nitrogen and oxygen atoms in total. The number of nitrogens with zero attached hydrogens (tertiary/aromatic N) is 1.